The lowest BCUT2D eigenvalue weighted by Gasteiger charge is -2.11. The van der Waals surface area contributed by atoms with Crippen molar-refractivity contribution in [1.29, 1.82) is 0 Å². The molecule has 1 aromatic rings. The maximum atomic E-state index is 12.9. The lowest BCUT2D eigenvalue weighted by molar-refractivity contribution is 0.0950. The van der Waals surface area contributed by atoms with Crippen molar-refractivity contribution in [3.05, 3.63) is 35.6 Å². The molecule has 1 aliphatic carbocycles. The van der Waals surface area contributed by atoms with Gasteiger partial charge < -0.3 is 11.1 Å². The fraction of sp³-hybridized carbons (Fsp3) is 0.417. The minimum absolute atomic E-state index is 0. The predicted octanol–water partition coefficient (Wildman–Crippen LogP) is 1.71. The molecular formula is C12H16ClFN2O. The number of amides is 1. The summed E-state index contributed by atoms with van der Waals surface area (Å²) in [5, 5.41) is 2.72. The van der Waals surface area contributed by atoms with E-state index in [1.54, 1.807) is 6.07 Å². The molecule has 0 spiro atoms. The quantitative estimate of drug-likeness (QED) is 0.864. The first-order valence-corrected chi connectivity index (χ1v) is 5.46. The molecular weight excluding hydrogens is 243 g/mol. The summed E-state index contributed by atoms with van der Waals surface area (Å²) in [4.78, 5) is 11.6. The van der Waals surface area contributed by atoms with Gasteiger partial charge in [-0.3, -0.25) is 4.79 Å². The van der Waals surface area contributed by atoms with Gasteiger partial charge in [-0.05, 0) is 37.0 Å². The molecule has 1 saturated carbocycles. The van der Waals surface area contributed by atoms with Crippen LogP contribution in [0, 0.1) is 11.7 Å². The molecule has 5 heteroatoms. The number of nitrogens with one attached hydrogen (secondary N) is 1. The highest BCUT2D eigenvalue weighted by atomic mass is 35.5. The van der Waals surface area contributed by atoms with E-state index in [1.807, 2.05) is 0 Å². The number of carbonyl (C=O) groups is 1. The Morgan fingerprint density at radius 3 is 2.82 bits per heavy atom. The standard InChI is InChI=1S/C12H15FN2O.ClH/c13-10-3-1-2-9(6-10)12(16)15-7-11(14)8-4-5-8;/h1-3,6,8,11H,4-5,7,14H2,(H,15,16);1H. The number of hydrogen-bond donors (Lipinski definition) is 2. The van der Waals surface area contributed by atoms with Crippen LogP contribution in [0.1, 0.15) is 23.2 Å². The van der Waals surface area contributed by atoms with Gasteiger partial charge in [0.2, 0.25) is 0 Å². The second kappa shape index (κ2) is 5.98. The molecule has 1 fully saturated rings. The highest BCUT2D eigenvalue weighted by Gasteiger charge is 2.28. The smallest absolute Gasteiger partial charge is 0.251 e. The van der Waals surface area contributed by atoms with Gasteiger partial charge in [0.05, 0.1) is 0 Å². The molecule has 0 heterocycles. The van der Waals surface area contributed by atoms with E-state index in [-0.39, 0.29) is 24.4 Å². The maximum absolute atomic E-state index is 12.9. The average Bonchev–Trinajstić information content (AvgIpc) is 3.09. The summed E-state index contributed by atoms with van der Waals surface area (Å²) < 4.78 is 12.9. The Hall–Kier alpha value is -1.13. The zero-order chi connectivity index (χ0) is 11.5. The summed E-state index contributed by atoms with van der Waals surface area (Å²) in [5.74, 6) is -0.123. The average molecular weight is 259 g/mol. The van der Waals surface area contributed by atoms with Gasteiger partial charge >= 0.3 is 0 Å². The highest BCUT2D eigenvalue weighted by Crippen LogP contribution is 2.31. The minimum atomic E-state index is -0.404. The molecule has 1 aromatic carbocycles. The largest absolute Gasteiger partial charge is 0.350 e. The Morgan fingerprint density at radius 1 is 1.53 bits per heavy atom. The fourth-order valence-electron chi connectivity index (χ4n) is 1.63. The second-order valence-corrected chi connectivity index (χ2v) is 4.22. The molecule has 94 valence electrons. The Balaban J connectivity index is 0.00000144. The molecule has 0 bridgehead atoms. The van der Waals surface area contributed by atoms with Crippen LogP contribution in [0.25, 0.3) is 0 Å². The number of hydrogen-bond acceptors (Lipinski definition) is 2. The minimum Gasteiger partial charge on any atom is -0.350 e. The van der Waals surface area contributed by atoms with Crippen LogP contribution in [-0.2, 0) is 0 Å². The van der Waals surface area contributed by atoms with Gasteiger partial charge in [-0.25, -0.2) is 4.39 Å². The molecule has 0 aliphatic heterocycles. The predicted molar refractivity (Wildman–Crippen MR) is 66.7 cm³/mol. The topological polar surface area (TPSA) is 55.1 Å². The van der Waals surface area contributed by atoms with Gasteiger partial charge in [-0.15, -0.1) is 12.4 Å². The first kappa shape index (κ1) is 13.9. The van der Waals surface area contributed by atoms with Gasteiger partial charge in [-0.2, -0.15) is 0 Å². The summed E-state index contributed by atoms with van der Waals surface area (Å²) >= 11 is 0. The molecule has 3 nitrogen and oxygen atoms in total. The monoisotopic (exact) mass is 258 g/mol. The Bertz CT molecular complexity index is 396. The molecule has 1 atom stereocenters. The van der Waals surface area contributed by atoms with Crippen molar-refractivity contribution >= 4 is 18.3 Å². The fourth-order valence-corrected chi connectivity index (χ4v) is 1.63. The normalized spacial score (nSPS) is 15.9. The van der Waals surface area contributed by atoms with Gasteiger partial charge in [0.15, 0.2) is 0 Å². The van der Waals surface area contributed by atoms with Crippen molar-refractivity contribution in [1.82, 2.24) is 5.32 Å². The van der Waals surface area contributed by atoms with Crippen LogP contribution >= 0.6 is 12.4 Å². The van der Waals surface area contributed by atoms with Crippen molar-refractivity contribution in [3.63, 3.8) is 0 Å². The first-order valence-electron chi connectivity index (χ1n) is 5.46. The molecule has 3 N–H and O–H groups in total. The van der Waals surface area contributed by atoms with Crippen molar-refractivity contribution in [2.24, 2.45) is 11.7 Å². The molecule has 1 aliphatic rings. The van der Waals surface area contributed by atoms with E-state index >= 15 is 0 Å². The van der Waals surface area contributed by atoms with Gasteiger partial charge in [0.25, 0.3) is 5.91 Å². The zero-order valence-corrected chi connectivity index (χ0v) is 10.2. The first-order chi connectivity index (χ1) is 7.66. The van der Waals surface area contributed by atoms with Crippen molar-refractivity contribution in [2.45, 2.75) is 18.9 Å². The summed E-state index contributed by atoms with van der Waals surface area (Å²) in [7, 11) is 0. The molecule has 17 heavy (non-hydrogen) atoms. The molecule has 2 rings (SSSR count). The van der Waals surface area contributed by atoms with Crippen molar-refractivity contribution in [3.8, 4) is 0 Å². The summed E-state index contributed by atoms with van der Waals surface area (Å²) in [6.07, 6.45) is 2.30. The van der Waals surface area contributed by atoms with Crippen LogP contribution in [0.4, 0.5) is 4.39 Å². The highest BCUT2D eigenvalue weighted by molar-refractivity contribution is 5.94. The zero-order valence-electron chi connectivity index (χ0n) is 9.36. The van der Waals surface area contributed by atoms with E-state index in [9.17, 15) is 9.18 Å². The second-order valence-electron chi connectivity index (χ2n) is 4.22. The van der Waals surface area contributed by atoms with E-state index in [2.05, 4.69) is 5.32 Å². The van der Waals surface area contributed by atoms with E-state index in [1.165, 1.54) is 18.2 Å². The third kappa shape index (κ3) is 3.98. The van der Waals surface area contributed by atoms with Crippen LogP contribution in [-0.4, -0.2) is 18.5 Å². The Labute approximate surface area is 106 Å². The molecule has 0 aromatic heterocycles. The maximum Gasteiger partial charge on any atom is 0.251 e. The SMILES string of the molecule is Cl.NC(CNC(=O)c1cccc(F)c1)C1CC1. The van der Waals surface area contributed by atoms with Crippen LogP contribution in [0.3, 0.4) is 0 Å². The van der Waals surface area contributed by atoms with Gasteiger partial charge in [-0.1, -0.05) is 6.07 Å². The molecule has 1 unspecified atom stereocenters. The number of benzene rings is 1. The number of carbonyl (C=O) groups excluding carboxylic acids is 1. The van der Waals surface area contributed by atoms with E-state index in [4.69, 9.17) is 5.73 Å². The van der Waals surface area contributed by atoms with Crippen molar-refractivity contribution in [2.75, 3.05) is 6.54 Å². The summed E-state index contributed by atoms with van der Waals surface area (Å²) in [6.45, 7) is 0.458. The Morgan fingerprint density at radius 2 is 2.24 bits per heavy atom. The van der Waals surface area contributed by atoms with E-state index < -0.39 is 5.82 Å². The van der Waals surface area contributed by atoms with Crippen LogP contribution < -0.4 is 11.1 Å². The lowest BCUT2D eigenvalue weighted by Crippen LogP contribution is -2.38. The molecule has 0 saturated heterocycles. The van der Waals surface area contributed by atoms with Gasteiger partial charge in [0.1, 0.15) is 5.82 Å². The van der Waals surface area contributed by atoms with Crippen LogP contribution in [0.15, 0.2) is 24.3 Å². The van der Waals surface area contributed by atoms with Crippen molar-refractivity contribution < 1.29 is 9.18 Å². The Kier molecular flexibility index (Phi) is 4.90. The number of nitrogens with two attached hydrogens (primary N) is 1. The molecule has 1 amide bonds. The third-order valence-corrected chi connectivity index (χ3v) is 2.81. The van der Waals surface area contributed by atoms with Crippen LogP contribution in [0.5, 0.6) is 0 Å². The number of halogens is 2. The number of rotatable bonds is 4. The third-order valence-electron chi connectivity index (χ3n) is 2.81. The summed E-state index contributed by atoms with van der Waals surface area (Å²) in [6, 6.07) is 5.66. The summed E-state index contributed by atoms with van der Waals surface area (Å²) in [5.41, 5.74) is 6.18. The van der Waals surface area contributed by atoms with E-state index in [0.717, 1.165) is 12.8 Å². The van der Waals surface area contributed by atoms with E-state index in [0.29, 0.717) is 18.0 Å². The lowest BCUT2D eigenvalue weighted by atomic mass is 10.1. The van der Waals surface area contributed by atoms with Gasteiger partial charge in [0, 0.05) is 18.2 Å². The molecule has 0 radical (unpaired) electrons. The van der Waals surface area contributed by atoms with Crippen LogP contribution in [0.2, 0.25) is 0 Å².